The van der Waals surface area contributed by atoms with E-state index in [1.807, 2.05) is 0 Å². The third-order valence-electron chi connectivity index (χ3n) is 4.15. The molecule has 4 heteroatoms. The van der Waals surface area contributed by atoms with Gasteiger partial charge in [0.15, 0.2) is 11.6 Å². The third-order valence-corrected chi connectivity index (χ3v) is 4.15. The molecule has 0 amide bonds. The van der Waals surface area contributed by atoms with E-state index in [1.54, 1.807) is 24.3 Å². The lowest BCUT2D eigenvalue weighted by atomic mass is 9.83. The van der Waals surface area contributed by atoms with Crippen molar-refractivity contribution >= 4 is 17.3 Å². The SMILES string of the molecule is CCCCCNc1c(O)ccc2c1C(=O)c1ccccc1C2=O. The summed E-state index contributed by atoms with van der Waals surface area (Å²) >= 11 is 0. The topological polar surface area (TPSA) is 66.4 Å². The average molecular weight is 309 g/mol. The van der Waals surface area contributed by atoms with Crippen LogP contribution in [-0.2, 0) is 0 Å². The first-order valence-electron chi connectivity index (χ1n) is 7.93. The molecule has 0 aliphatic heterocycles. The number of carbonyl (C=O) groups is 2. The molecule has 23 heavy (non-hydrogen) atoms. The smallest absolute Gasteiger partial charge is 0.196 e. The highest BCUT2D eigenvalue weighted by Gasteiger charge is 2.32. The second-order valence-electron chi connectivity index (χ2n) is 5.72. The quantitative estimate of drug-likeness (QED) is 0.556. The predicted molar refractivity (Wildman–Crippen MR) is 89.4 cm³/mol. The Kier molecular flexibility index (Phi) is 4.15. The van der Waals surface area contributed by atoms with Crippen molar-refractivity contribution in [3.63, 3.8) is 0 Å². The molecule has 0 unspecified atom stereocenters. The zero-order valence-corrected chi connectivity index (χ0v) is 13.1. The number of phenols is 1. The van der Waals surface area contributed by atoms with Gasteiger partial charge in [0.1, 0.15) is 5.75 Å². The number of ketones is 2. The van der Waals surface area contributed by atoms with Gasteiger partial charge in [0.25, 0.3) is 0 Å². The van der Waals surface area contributed by atoms with E-state index in [0.717, 1.165) is 19.3 Å². The number of benzene rings is 2. The number of unbranched alkanes of at least 4 members (excludes halogenated alkanes) is 2. The summed E-state index contributed by atoms with van der Waals surface area (Å²) in [6.07, 6.45) is 3.10. The van der Waals surface area contributed by atoms with E-state index in [4.69, 9.17) is 0 Å². The van der Waals surface area contributed by atoms with Gasteiger partial charge in [0, 0.05) is 23.2 Å². The summed E-state index contributed by atoms with van der Waals surface area (Å²) in [7, 11) is 0. The van der Waals surface area contributed by atoms with Gasteiger partial charge >= 0.3 is 0 Å². The van der Waals surface area contributed by atoms with Crippen LogP contribution in [0.5, 0.6) is 5.75 Å². The molecule has 1 aliphatic rings. The lowest BCUT2D eigenvalue weighted by Gasteiger charge is -2.21. The fourth-order valence-corrected chi connectivity index (χ4v) is 2.94. The van der Waals surface area contributed by atoms with E-state index >= 15 is 0 Å². The van der Waals surface area contributed by atoms with Crippen LogP contribution in [0.25, 0.3) is 0 Å². The maximum Gasteiger partial charge on any atom is 0.196 e. The highest BCUT2D eigenvalue weighted by molar-refractivity contribution is 6.30. The van der Waals surface area contributed by atoms with Crippen LogP contribution in [0.3, 0.4) is 0 Å². The van der Waals surface area contributed by atoms with Crippen molar-refractivity contribution in [1.29, 1.82) is 0 Å². The normalized spacial score (nSPS) is 12.7. The van der Waals surface area contributed by atoms with Gasteiger partial charge in [-0.15, -0.1) is 0 Å². The molecule has 3 rings (SSSR count). The second kappa shape index (κ2) is 6.24. The van der Waals surface area contributed by atoms with Crippen LogP contribution in [0, 0.1) is 0 Å². The van der Waals surface area contributed by atoms with Crippen molar-refractivity contribution in [2.75, 3.05) is 11.9 Å². The Hall–Kier alpha value is -2.62. The fourth-order valence-electron chi connectivity index (χ4n) is 2.94. The number of phenolic OH excluding ortho intramolecular Hbond substituents is 1. The van der Waals surface area contributed by atoms with Crippen molar-refractivity contribution in [3.8, 4) is 5.75 Å². The Balaban J connectivity index is 2.04. The lowest BCUT2D eigenvalue weighted by Crippen LogP contribution is -2.22. The molecule has 0 bridgehead atoms. The first kappa shape index (κ1) is 15.3. The van der Waals surface area contributed by atoms with Crippen molar-refractivity contribution in [2.45, 2.75) is 26.2 Å². The number of aromatic hydroxyl groups is 1. The molecule has 4 nitrogen and oxygen atoms in total. The molecule has 2 N–H and O–H groups in total. The molecule has 0 saturated heterocycles. The molecule has 0 saturated carbocycles. The van der Waals surface area contributed by atoms with Gasteiger partial charge in [-0.2, -0.15) is 0 Å². The summed E-state index contributed by atoms with van der Waals surface area (Å²) in [4.78, 5) is 25.4. The summed E-state index contributed by atoms with van der Waals surface area (Å²) in [5, 5.41) is 13.3. The monoisotopic (exact) mass is 309 g/mol. The van der Waals surface area contributed by atoms with Crippen molar-refractivity contribution in [2.24, 2.45) is 0 Å². The molecule has 0 radical (unpaired) electrons. The molecular weight excluding hydrogens is 290 g/mol. The predicted octanol–water partition coefficient (Wildman–Crippen LogP) is 3.77. The van der Waals surface area contributed by atoms with E-state index in [9.17, 15) is 14.7 Å². The van der Waals surface area contributed by atoms with Crippen molar-refractivity contribution in [3.05, 3.63) is 58.7 Å². The van der Waals surface area contributed by atoms with Crippen molar-refractivity contribution < 1.29 is 14.7 Å². The van der Waals surface area contributed by atoms with Gasteiger partial charge in [-0.25, -0.2) is 0 Å². The Morgan fingerprint density at radius 2 is 1.61 bits per heavy atom. The van der Waals surface area contributed by atoms with Crippen molar-refractivity contribution in [1.82, 2.24) is 0 Å². The zero-order valence-electron chi connectivity index (χ0n) is 13.1. The second-order valence-corrected chi connectivity index (χ2v) is 5.72. The maximum absolute atomic E-state index is 12.8. The molecule has 0 fully saturated rings. The third kappa shape index (κ3) is 2.61. The lowest BCUT2D eigenvalue weighted by molar-refractivity contribution is 0.0979. The van der Waals surface area contributed by atoms with Gasteiger partial charge in [0.2, 0.25) is 0 Å². The molecule has 0 heterocycles. The Morgan fingerprint density at radius 1 is 0.913 bits per heavy atom. The Labute approximate surface area is 135 Å². The van der Waals surface area contributed by atoms with Gasteiger partial charge in [-0.3, -0.25) is 9.59 Å². The Bertz CT molecular complexity index is 780. The summed E-state index contributed by atoms with van der Waals surface area (Å²) in [6.45, 7) is 2.77. The number of hydrogen-bond acceptors (Lipinski definition) is 4. The number of nitrogens with one attached hydrogen (secondary N) is 1. The van der Waals surface area contributed by atoms with Crippen LogP contribution in [0.1, 0.15) is 58.0 Å². The number of fused-ring (bicyclic) bond motifs is 2. The summed E-state index contributed by atoms with van der Waals surface area (Å²) < 4.78 is 0. The summed E-state index contributed by atoms with van der Waals surface area (Å²) in [5.74, 6) is -0.392. The highest BCUT2D eigenvalue weighted by atomic mass is 16.3. The average Bonchev–Trinajstić information content (AvgIpc) is 2.57. The minimum atomic E-state index is -0.218. The number of anilines is 1. The number of carbonyl (C=O) groups excluding carboxylic acids is 2. The van der Waals surface area contributed by atoms with Gasteiger partial charge in [-0.05, 0) is 18.6 Å². The van der Waals surface area contributed by atoms with E-state index < -0.39 is 0 Å². The van der Waals surface area contributed by atoms with Crippen LogP contribution in [0.4, 0.5) is 5.69 Å². The van der Waals surface area contributed by atoms with E-state index in [-0.39, 0.29) is 22.9 Å². The summed E-state index contributed by atoms with van der Waals surface area (Å²) in [5.41, 5.74) is 1.82. The van der Waals surface area contributed by atoms with Crippen LogP contribution in [0.15, 0.2) is 36.4 Å². The molecule has 0 aromatic heterocycles. The fraction of sp³-hybridized carbons (Fsp3) is 0.263. The van der Waals surface area contributed by atoms with E-state index in [0.29, 0.717) is 28.9 Å². The van der Waals surface area contributed by atoms with E-state index in [1.165, 1.54) is 12.1 Å². The minimum Gasteiger partial charge on any atom is -0.506 e. The van der Waals surface area contributed by atoms with E-state index in [2.05, 4.69) is 12.2 Å². The van der Waals surface area contributed by atoms with Crippen LogP contribution in [0.2, 0.25) is 0 Å². The molecule has 0 atom stereocenters. The van der Waals surface area contributed by atoms with Crippen LogP contribution in [-0.4, -0.2) is 23.2 Å². The first-order valence-corrected chi connectivity index (χ1v) is 7.93. The molecular formula is C19H19NO3. The largest absolute Gasteiger partial charge is 0.506 e. The first-order chi connectivity index (χ1) is 11.1. The minimum absolute atomic E-state index is 0.000722. The van der Waals surface area contributed by atoms with Gasteiger partial charge < -0.3 is 10.4 Å². The molecule has 1 aliphatic carbocycles. The molecule has 2 aromatic rings. The Morgan fingerprint density at radius 3 is 2.30 bits per heavy atom. The molecule has 118 valence electrons. The number of rotatable bonds is 5. The van der Waals surface area contributed by atoms with Crippen LogP contribution >= 0.6 is 0 Å². The zero-order chi connectivity index (χ0) is 16.4. The standard InChI is InChI=1S/C19H19NO3/c1-2-3-6-11-20-17-15(21)10-9-14-16(17)19(23)13-8-5-4-7-12(13)18(14)22/h4-5,7-10,20-21H,2-3,6,11H2,1H3. The molecule has 2 aromatic carbocycles. The number of hydrogen-bond donors (Lipinski definition) is 2. The maximum atomic E-state index is 12.8. The van der Waals surface area contributed by atoms with Crippen LogP contribution < -0.4 is 5.32 Å². The molecule has 0 spiro atoms. The highest BCUT2D eigenvalue weighted by Crippen LogP contribution is 2.37. The van der Waals surface area contributed by atoms with Gasteiger partial charge in [0.05, 0.1) is 11.3 Å². The summed E-state index contributed by atoms with van der Waals surface area (Å²) in [6, 6.07) is 9.81. The van der Waals surface area contributed by atoms with Gasteiger partial charge in [-0.1, -0.05) is 44.0 Å².